The lowest BCUT2D eigenvalue weighted by Crippen LogP contribution is -2.36. The zero-order valence-electron chi connectivity index (χ0n) is 73.2. The van der Waals surface area contributed by atoms with E-state index in [4.69, 9.17) is 99.9 Å². The Balaban J connectivity index is -0.000000143. The van der Waals surface area contributed by atoms with E-state index in [2.05, 4.69) is 56.2 Å². The number of ether oxygens (including phenoxy) is 1. The van der Waals surface area contributed by atoms with Gasteiger partial charge in [0.25, 0.3) is 0 Å². The van der Waals surface area contributed by atoms with Crippen molar-refractivity contribution in [2.24, 2.45) is 17.2 Å². The van der Waals surface area contributed by atoms with Crippen LogP contribution in [0.2, 0.25) is 19.6 Å². The Kier molecular flexibility index (Phi) is 76.5. The first-order valence-electron chi connectivity index (χ1n) is 36.9. The highest BCUT2D eigenvalue weighted by Crippen LogP contribution is 2.63. The molecule has 0 fully saturated rings. The molecule has 4 rings (SSSR count). The number of carbonyl (C=O) groups is 1. The van der Waals surface area contributed by atoms with Gasteiger partial charge >= 0.3 is 63.1 Å². The Morgan fingerprint density at radius 2 is 0.754 bits per heavy atom. The van der Waals surface area contributed by atoms with E-state index in [1.165, 1.54) is 34.1 Å². The number of nitriles is 1. The van der Waals surface area contributed by atoms with Crippen molar-refractivity contribution in [3.8, 4) is 29.1 Å². The first-order chi connectivity index (χ1) is 52.4. The van der Waals surface area contributed by atoms with Crippen molar-refractivity contribution in [2.75, 3.05) is 85.2 Å². The molecule has 690 valence electrons. The molecule has 4 aromatic carbocycles. The molecular weight excluding hydrogens is 1780 g/mol. The fraction of sp³-hybridized carbons (Fsp3) is 0.646. The molecule has 0 saturated heterocycles. The number of hydrogen-bond donors (Lipinski definition) is 5. The van der Waals surface area contributed by atoms with E-state index in [0.717, 1.165) is 6.42 Å². The van der Waals surface area contributed by atoms with E-state index in [1.54, 1.807) is 151 Å². The minimum absolute atomic E-state index is 0. The summed E-state index contributed by atoms with van der Waals surface area (Å²) in [6, 6.07) is 38.1. The molecule has 0 heterocycles. The average molecular weight is 1930 g/mol. The third-order valence-electron chi connectivity index (χ3n) is 15.2. The smallest absolute Gasteiger partial charge is 0.436 e. The van der Waals surface area contributed by atoms with Crippen molar-refractivity contribution >= 4 is 105 Å². The molecule has 0 amide bonds. The Morgan fingerprint density at radius 3 is 0.983 bits per heavy atom. The number of nitrogens with zero attached hydrogens (tertiary/aromatic N) is 3. The van der Waals surface area contributed by atoms with Gasteiger partial charge in [0.05, 0.1) is 78.1 Å². The van der Waals surface area contributed by atoms with E-state index in [0.29, 0.717) is 55.8 Å². The molecule has 0 aliphatic heterocycles. The molecule has 0 aliphatic rings. The van der Waals surface area contributed by atoms with Crippen LogP contribution in [0.15, 0.2) is 121 Å². The van der Waals surface area contributed by atoms with Gasteiger partial charge in [0.15, 0.2) is 6.10 Å². The summed E-state index contributed by atoms with van der Waals surface area (Å²) < 4.78 is 148. The summed E-state index contributed by atoms with van der Waals surface area (Å²) in [5.41, 5.74) is 16.3. The lowest BCUT2D eigenvalue weighted by atomic mass is 10.1. The van der Waals surface area contributed by atoms with E-state index in [1.807, 2.05) is 114 Å². The van der Waals surface area contributed by atoms with Gasteiger partial charge in [0, 0.05) is 53.5 Å². The molecule has 118 heavy (non-hydrogen) atoms. The normalized spacial score (nSPS) is 12.6. The predicted molar refractivity (Wildman–Crippen MR) is 502 cm³/mol. The molecule has 0 saturated carbocycles. The van der Waals surface area contributed by atoms with E-state index in [-0.39, 0.29) is 85.6 Å². The summed E-state index contributed by atoms with van der Waals surface area (Å²) >= 11 is 8.15. The maximum absolute atomic E-state index is 13.4. The third kappa shape index (κ3) is 54.2. The third-order valence-corrected chi connectivity index (χ3v) is 32.8. The number of nitrogens with two attached hydrogens (primary N) is 3. The SMILES string of the molecule is C.C.C.CC#N.CC(C)(CN)P(=O)(O)O.CCC(C)(C)P(=O)(Oc1ccccc1)Oc1ccccc1.CCC(C)(C)P(C)(=O)Oc1ccccc1.CCOC(=O)[C@H](C)OP(=O)(Oc1ccccc1)C(C)(C)CN.CCOP(=O)(OCC)C(C)(C)CN.CCl.C[Si](C)(C)Br.Cl.[C-]#[N+]C(C)(C)P(=O)(OCC)OCC.[C-]#[N+]CP(=O)(OCC)OCC. The number of halogens is 3. The molecule has 0 bridgehead atoms. The zero-order chi connectivity index (χ0) is 90.4. The summed E-state index contributed by atoms with van der Waals surface area (Å²) in [5, 5.41) is 2.72. The maximum atomic E-state index is 13.4. The van der Waals surface area contributed by atoms with Crippen molar-refractivity contribution in [1.29, 1.82) is 5.26 Å². The number of para-hydroxylation sites is 4. The molecule has 0 aliphatic carbocycles. The lowest BCUT2D eigenvalue weighted by molar-refractivity contribution is -0.150. The van der Waals surface area contributed by atoms with E-state index in [9.17, 15) is 36.7 Å². The van der Waals surface area contributed by atoms with Gasteiger partial charge in [-0.25, -0.2) is 27.1 Å². The standard InChI is InChI=1S/C17H21O3P.C15H24NO5P.C12H19O2P.C8H16NO3P.C8H20NO3P.C6H12NO3P.C4H12NO3P.C3H9BrSi.C2H3N.CH3Cl.3CH4.ClH/c1-4-17(2,3)21(18,19-15-11-7-5-8-12-15)20-16-13-9-6-10-14-16;1-5-19-14(17)12(2)20-22(18,15(3,4)11-16)21-13-9-7-6-8-10-13;1-5-12(2,3)15(4,13)14-11-9-7-6-8-10-11;1-6-11-13(10,12-7-2)8(3,4)9-5;1-5-11-13(10,12-6-2)8(3,4)7-9;1-4-9-11(8,6-7-3)10-5-2;1-4(2,3-5)9(6,7)8;1-5(2,3)4;1-2-3;1-2;;;;/h5-14H,4H2,1-3H3;6-10,12H,5,11,16H2,1-4H3;6-10H,5H2,1-4H3;6-7H2,1-4H3;5-7,9H2,1-4H3;4-6H2,1-2H3;3,5H2,1-2H3,(H2,6,7,8);1-3H3;1H3;1H3;3*1H4;1H/t;12-,22?;;;;;;;;;;;;/m.0............/s1. The fourth-order valence-electron chi connectivity index (χ4n) is 6.63. The summed E-state index contributed by atoms with van der Waals surface area (Å²) in [5.74, 6) is 1.59. The van der Waals surface area contributed by atoms with Crippen LogP contribution in [0.4, 0.5) is 0 Å². The summed E-state index contributed by atoms with van der Waals surface area (Å²) in [7, 11) is -23.1. The van der Waals surface area contributed by atoms with Gasteiger partial charge in [-0.05, 0) is 186 Å². The second-order valence-corrected chi connectivity index (χ2v) is 57.4. The molecule has 0 aromatic heterocycles. The largest absolute Gasteiger partial charge is 0.464 e. The van der Waals surface area contributed by atoms with Crippen molar-refractivity contribution in [2.45, 2.75) is 251 Å². The van der Waals surface area contributed by atoms with Crippen LogP contribution in [-0.2, 0) is 73.2 Å². The minimum Gasteiger partial charge on any atom is -0.464 e. The van der Waals surface area contributed by atoms with Crippen molar-refractivity contribution < 1.29 is 101 Å². The molecule has 0 radical (unpaired) electrons. The van der Waals surface area contributed by atoms with Gasteiger partial charge < -0.3 is 81.8 Å². The number of esters is 1. The number of rotatable bonds is 36. The van der Waals surface area contributed by atoms with Gasteiger partial charge in [0.1, 0.15) is 29.7 Å². The predicted octanol–water partition coefficient (Wildman–Crippen LogP) is 25.5. The number of alkyl halides is 1. The molecule has 2 unspecified atom stereocenters. The highest BCUT2D eigenvalue weighted by atomic mass is 79.9. The van der Waals surface area contributed by atoms with Crippen LogP contribution >= 0.6 is 92.2 Å². The van der Waals surface area contributed by atoms with Crippen LogP contribution in [-0.4, -0.2) is 145 Å². The first kappa shape index (κ1) is 135. The van der Waals surface area contributed by atoms with Crippen LogP contribution in [0.25, 0.3) is 9.69 Å². The molecule has 0 spiro atoms. The molecule has 3 atom stereocenters. The lowest BCUT2D eigenvalue weighted by Gasteiger charge is -2.33. The minimum atomic E-state index is -3.99. The molecule has 4 aromatic rings. The Hall–Kier alpha value is -3.57. The van der Waals surface area contributed by atoms with E-state index < -0.39 is 97.6 Å². The number of benzene rings is 4. The zero-order valence-corrected chi connectivity index (χ0v) is 83.7. The van der Waals surface area contributed by atoms with Gasteiger partial charge in [-0.3, -0.25) is 32.2 Å². The molecule has 8 N–H and O–H groups in total. The monoisotopic (exact) mass is 1930 g/mol. The topological polar surface area (TPSA) is 398 Å². The summed E-state index contributed by atoms with van der Waals surface area (Å²) in [6.07, 6.45) is 1.80. The quantitative estimate of drug-likeness (QED) is 0.00705. The van der Waals surface area contributed by atoms with Gasteiger partial charge in [-0.1, -0.05) is 129 Å². The Bertz CT molecular complexity index is 3650. The second-order valence-electron chi connectivity index (χ2n) is 28.2. The van der Waals surface area contributed by atoms with Crippen LogP contribution in [0.1, 0.15) is 194 Å². The van der Waals surface area contributed by atoms with Crippen molar-refractivity contribution in [1.82, 2.24) is 0 Å². The number of carbonyl (C=O) groups excluding carboxylic acids is 1. The summed E-state index contributed by atoms with van der Waals surface area (Å²) in [6.45, 7) is 63.4. The summed E-state index contributed by atoms with van der Waals surface area (Å²) in [4.78, 5) is 35.1. The van der Waals surface area contributed by atoms with Crippen molar-refractivity contribution in [3.05, 3.63) is 144 Å². The highest BCUT2D eigenvalue weighted by molar-refractivity contribution is 9.26. The first-order valence-corrected chi connectivity index (χ1v) is 55.0. The molecule has 39 heteroatoms. The Morgan fingerprint density at radius 1 is 0.492 bits per heavy atom. The van der Waals surface area contributed by atoms with E-state index >= 15 is 0 Å². The van der Waals surface area contributed by atoms with Gasteiger partial charge in [-0.2, -0.15) is 5.26 Å². The maximum Gasteiger partial charge on any atom is 0.436 e. The van der Waals surface area contributed by atoms with Gasteiger partial charge in [0.2, 0.25) is 7.37 Å². The molecular formula is C79H152BrCl2N6O22P7Si. The fourth-order valence-corrected chi connectivity index (χ4v) is 16.0. The van der Waals surface area contributed by atoms with Crippen LogP contribution in [0.3, 0.4) is 0 Å². The van der Waals surface area contributed by atoms with Crippen LogP contribution in [0.5, 0.6) is 23.0 Å². The number of hydrogen-bond acceptors (Lipinski definition) is 24. The average Bonchev–Trinajstić information content (AvgIpc) is 0.806. The molecule has 28 nitrogen and oxygen atoms in total. The Labute approximate surface area is 733 Å². The highest BCUT2D eigenvalue weighted by Gasteiger charge is 2.51. The van der Waals surface area contributed by atoms with Gasteiger partial charge in [-0.15, -0.1) is 39.3 Å². The second kappa shape index (κ2) is 66.9. The van der Waals surface area contributed by atoms with Crippen molar-refractivity contribution in [3.63, 3.8) is 0 Å². The van der Waals surface area contributed by atoms with Crippen LogP contribution in [0, 0.1) is 24.5 Å². The van der Waals surface area contributed by atoms with Crippen LogP contribution < -0.4 is 35.3 Å².